The molecule has 0 aliphatic rings. The number of hydrogen-bond acceptors (Lipinski definition) is 6. The van der Waals surface area contributed by atoms with Gasteiger partial charge in [-0.2, -0.15) is 0 Å². The molecule has 0 saturated carbocycles. The maximum absolute atomic E-state index is 11.1. The zero-order valence-electron chi connectivity index (χ0n) is 13.7. The van der Waals surface area contributed by atoms with Crippen molar-refractivity contribution in [1.82, 2.24) is 0 Å². The lowest BCUT2D eigenvalue weighted by Gasteiger charge is -2.06. The van der Waals surface area contributed by atoms with Crippen molar-refractivity contribution >= 4 is 23.3 Å². The number of nitrogens with zero attached hydrogens (tertiary/aromatic N) is 2. The molecule has 2 aromatic carbocycles. The van der Waals surface area contributed by atoms with Crippen LogP contribution in [-0.2, 0) is 0 Å². The molecule has 0 aliphatic heterocycles. The Morgan fingerprint density at radius 1 is 0.731 bits per heavy atom. The molecule has 10 heteroatoms. The fourth-order valence-corrected chi connectivity index (χ4v) is 2.01. The fraction of sp³-hybridized carbons (Fsp3) is 0.125. The topological polar surface area (TPSA) is 161 Å². The van der Waals surface area contributed by atoms with Gasteiger partial charge in [0.25, 0.3) is 11.4 Å². The van der Waals surface area contributed by atoms with Crippen LogP contribution in [0.15, 0.2) is 36.4 Å². The summed E-state index contributed by atoms with van der Waals surface area (Å²) in [6, 6.07) is 5.83. The Morgan fingerprint density at radius 2 is 1.04 bits per heavy atom. The second-order valence-corrected chi connectivity index (χ2v) is 4.66. The van der Waals surface area contributed by atoms with Crippen LogP contribution in [0.5, 0.6) is 0 Å². The number of hydrogen-bond donors (Lipinski definition) is 2. The van der Waals surface area contributed by atoms with E-state index < -0.39 is 44.3 Å². The molecule has 0 aliphatic carbocycles. The first-order valence-corrected chi connectivity index (χ1v) is 7.25. The molecule has 0 bridgehead atoms. The van der Waals surface area contributed by atoms with E-state index >= 15 is 0 Å². The highest BCUT2D eigenvalue weighted by Gasteiger charge is 2.19. The summed E-state index contributed by atoms with van der Waals surface area (Å²) in [5.41, 5.74) is -1.91. The van der Waals surface area contributed by atoms with E-state index in [9.17, 15) is 29.8 Å². The maximum Gasteiger partial charge on any atom is 0.335 e. The third-order valence-corrected chi connectivity index (χ3v) is 3.08. The lowest BCUT2D eigenvalue weighted by atomic mass is 9.99. The van der Waals surface area contributed by atoms with E-state index in [1.54, 1.807) is 0 Å². The molecule has 136 valence electrons. The van der Waals surface area contributed by atoms with Crippen molar-refractivity contribution in [2.24, 2.45) is 0 Å². The predicted octanol–water partition coefficient (Wildman–Crippen LogP) is 3.59. The molecule has 10 nitrogen and oxygen atoms in total. The SMILES string of the molecule is CC.O=C(O)c1cc(-c2cc(C(=O)O)cc([N+](=O)[O-])c2)cc([N+](=O)[O-])c1. The van der Waals surface area contributed by atoms with Crippen LogP contribution in [0, 0.1) is 20.2 Å². The molecule has 0 spiro atoms. The Labute approximate surface area is 146 Å². The number of benzene rings is 2. The first-order chi connectivity index (χ1) is 12.2. The predicted molar refractivity (Wildman–Crippen MR) is 90.5 cm³/mol. The molecule has 0 atom stereocenters. The largest absolute Gasteiger partial charge is 0.478 e. The van der Waals surface area contributed by atoms with Crippen molar-refractivity contribution in [3.63, 3.8) is 0 Å². The van der Waals surface area contributed by atoms with Crippen LogP contribution in [-0.4, -0.2) is 32.0 Å². The summed E-state index contributed by atoms with van der Waals surface area (Å²) in [7, 11) is 0. The van der Waals surface area contributed by atoms with Crippen LogP contribution >= 0.6 is 0 Å². The van der Waals surface area contributed by atoms with Crippen molar-refractivity contribution in [2.75, 3.05) is 0 Å². The summed E-state index contributed by atoms with van der Waals surface area (Å²) in [4.78, 5) is 42.4. The molecular weight excluding hydrogens is 348 g/mol. The Kier molecular flexibility index (Phi) is 6.48. The standard InChI is InChI=1S/C14H8N2O8.C2H6/c17-13(18)9-1-7(3-11(5-9)15(21)22)8-2-10(14(19)20)6-12(4-8)16(23)24;1-2/h1-6H,(H,17,18)(H,19,20);1-2H3. The number of aromatic carboxylic acids is 2. The first-order valence-electron chi connectivity index (χ1n) is 7.25. The minimum absolute atomic E-state index is 0.0206. The number of carbonyl (C=O) groups is 2. The van der Waals surface area contributed by atoms with E-state index in [2.05, 4.69) is 0 Å². The Morgan fingerprint density at radius 3 is 1.27 bits per heavy atom. The Balaban J connectivity index is 0.00000163. The summed E-state index contributed by atoms with van der Waals surface area (Å²) in [5.74, 6) is -2.85. The molecule has 2 rings (SSSR count). The Hall–Kier alpha value is -3.82. The van der Waals surface area contributed by atoms with E-state index in [1.807, 2.05) is 13.8 Å². The van der Waals surface area contributed by atoms with Crippen LogP contribution in [0.25, 0.3) is 11.1 Å². The quantitative estimate of drug-likeness (QED) is 0.602. The number of carboxylic acid groups (broad SMARTS) is 2. The number of nitro groups is 2. The molecule has 0 saturated heterocycles. The molecule has 0 aromatic heterocycles. The van der Waals surface area contributed by atoms with Crippen molar-refractivity contribution in [2.45, 2.75) is 13.8 Å². The van der Waals surface area contributed by atoms with Gasteiger partial charge in [-0.1, -0.05) is 13.8 Å². The second-order valence-electron chi connectivity index (χ2n) is 4.66. The monoisotopic (exact) mass is 362 g/mol. The number of carboxylic acids is 2. The zero-order valence-corrected chi connectivity index (χ0v) is 13.7. The van der Waals surface area contributed by atoms with Crippen LogP contribution in [0.3, 0.4) is 0 Å². The van der Waals surface area contributed by atoms with Gasteiger partial charge in [-0.05, 0) is 23.3 Å². The van der Waals surface area contributed by atoms with Crippen molar-refractivity contribution in [3.8, 4) is 11.1 Å². The van der Waals surface area contributed by atoms with Gasteiger partial charge in [-0.15, -0.1) is 0 Å². The fourth-order valence-electron chi connectivity index (χ4n) is 2.01. The molecule has 0 radical (unpaired) electrons. The zero-order chi connectivity index (χ0) is 20.0. The first kappa shape index (κ1) is 20.2. The number of rotatable bonds is 5. The summed E-state index contributed by atoms with van der Waals surface area (Å²) in [6.45, 7) is 4.00. The molecular formula is C16H14N2O8. The third-order valence-electron chi connectivity index (χ3n) is 3.08. The summed E-state index contributed by atoms with van der Waals surface area (Å²) < 4.78 is 0. The Bertz CT molecular complexity index is 754. The summed E-state index contributed by atoms with van der Waals surface area (Å²) in [5, 5.41) is 39.9. The van der Waals surface area contributed by atoms with Gasteiger partial charge < -0.3 is 10.2 Å². The van der Waals surface area contributed by atoms with Crippen molar-refractivity contribution in [1.29, 1.82) is 0 Å². The summed E-state index contributed by atoms with van der Waals surface area (Å²) >= 11 is 0. The van der Waals surface area contributed by atoms with Crippen molar-refractivity contribution < 1.29 is 29.6 Å². The second kappa shape index (κ2) is 8.33. The van der Waals surface area contributed by atoms with E-state index in [0.29, 0.717) is 0 Å². The average molecular weight is 362 g/mol. The van der Waals surface area contributed by atoms with E-state index in [4.69, 9.17) is 10.2 Å². The normalized spacial score (nSPS) is 9.62. The van der Waals surface area contributed by atoms with Gasteiger partial charge in [0.05, 0.1) is 21.0 Å². The smallest absolute Gasteiger partial charge is 0.335 e. The van der Waals surface area contributed by atoms with Gasteiger partial charge in [0.1, 0.15) is 0 Å². The van der Waals surface area contributed by atoms with Gasteiger partial charge >= 0.3 is 11.9 Å². The highest BCUT2D eigenvalue weighted by Crippen LogP contribution is 2.30. The molecule has 2 aromatic rings. The van der Waals surface area contributed by atoms with Crippen LogP contribution in [0.4, 0.5) is 11.4 Å². The van der Waals surface area contributed by atoms with E-state index in [0.717, 1.165) is 36.4 Å². The van der Waals surface area contributed by atoms with Crippen LogP contribution in [0.1, 0.15) is 34.6 Å². The maximum atomic E-state index is 11.1. The molecule has 2 N–H and O–H groups in total. The van der Waals surface area contributed by atoms with Gasteiger partial charge in [0, 0.05) is 24.3 Å². The van der Waals surface area contributed by atoms with Crippen LogP contribution < -0.4 is 0 Å². The van der Waals surface area contributed by atoms with Gasteiger partial charge in [0.2, 0.25) is 0 Å². The molecule has 0 unspecified atom stereocenters. The molecule has 26 heavy (non-hydrogen) atoms. The number of non-ortho nitro benzene ring substituents is 2. The van der Waals surface area contributed by atoms with Gasteiger partial charge in [0.15, 0.2) is 0 Å². The average Bonchev–Trinajstić information content (AvgIpc) is 2.62. The lowest BCUT2D eigenvalue weighted by molar-refractivity contribution is -0.385. The highest BCUT2D eigenvalue weighted by molar-refractivity contribution is 5.93. The minimum atomic E-state index is -1.43. The molecule has 0 amide bonds. The molecule has 0 heterocycles. The van der Waals surface area contributed by atoms with E-state index in [-0.39, 0.29) is 11.1 Å². The van der Waals surface area contributed by atoms with Crippen LogP contribution in [0.2, 0.25) is 0 Å². The van der Waals surface area contributed by atoms with Gasteiger partial charge in [-0.3, -0.25) is 20.2 Å². The highest BCUT2D eigenvalue weighted by atomic mass is 16.6. The lowest BCUT2D eigenvalue weighted by Crippen LogP contribution is -2.01. The molecule has 0 fully saturated rings. The number of nitro benzene ring substituents is 2. The summed E-state index contributed by atoms with van der Waals surface area (Å²) in [6.07, 6.45) is 0. The van der Waals surface area contributed by atoms with Gasteiger partial charge in [-0.25, -0.2) is 9.59 Å². The van der Waals surface area contributed by atoms with Crippen molar-refractivity contribution in [3.05, 3.63) is 67.8 Å². The third kappa shape index (κ3) is 4.60. The minimum Gasteiger partial charge on any atom is -0.478 e. The van der Waals surface area contributed by atoms with E-state index in [1.165, 1.54) is 0 Å².